The lowest BCUT2D eigenvalue weighted by Gasteiger charge is -2.20. The van der Waals surface area contributed by atoms with Crippen LogP contribution < -0.4 is 11.1 Å². The molecule has 0 bridgehead atoms. The van der Waals surface area contributed by atoms with Gasteiger partial charge in [-0.2, -0.15) is 0 Å². The van der Waals surface area contributed by atoms with Gasteiger partial charge in [0, 0.05) is 18.4 Å². The first kappa shape index (κ1) is 10.9. The van der Waals surface area contributed by atoms with Gasteiger partial charge in [0.1, 0.15) is 5.82 Å². The van der Waals surface area contributed by atoms with Crippen LogP contribution in [-0.2, 0) is 0 Å². The Kier molecular flexibility index (Phi) is 3.83. The van der Waals surface area contributed by atoms with Crippen LogP contribution >= 0.6 is 0 Å². The van der Waals surface area contributed by atoms with Gasteiger partial charge in [0.2, 0.25) is 0 Å². The number of hydrogen-bond acceptors (Lipinski definition) is 4. The van der Waals surface area contributed by atoms with Gasteiger partial charge in [-0.3, -0.25) is 4.98 Å². The lowest BCUT2D eigenvalue weighted by atomic mass is 10.0. The number of nitrogens with zero attached hydrogens (tertiary/aromatic N) is 2. The van der Waals surface area contributed by atoms with E-state index in [2.05, 4.69) is 29.1 Å². The normalized spacial score (nSPS) is 14.9. The molecule has 4 nitrogen and oxygen atoms in total. The summed E-state index contributed by atoms with van der Waals surface area (Å²) >= 11 is 0. The molecule has 2 unspecified atom stereocenters. The molecule has 0 aliphatic carbocycles. The van der Waals surface area contributed by atoms with Gasteiger partial charge >= 0.3 is 0 Å². The molecule has 1 heterocycles. The number of nitrogens with one attached hydrogen (secondary N) is 1. The van der Waals surface area contributed by atoms with Gasteiger partial charge in [-0.05, 0) is 26.3 Å². The van der Waals surface area contributed by atoms with Crippen molar-refractivity contribution in [3.63, 3.8) is 0 Å². The minimum Gasteiger partial charge on any atom is -0.366 e. The predicted molar refractivity (Wildman–Crippen MR) is 58.1 cm³/mol. The van der Waals surface area contributed by atoms with Gasteiger partial charge in [-0.1, -0.05) is 6.92 Å². The predicted octanol–water partition coefficient (Wildman–Crippen LogP) is 1.18. The average molecular weight is 194 g/mol. The number of aryl methyl sites for hydroxylation is 1. The van der Waals surface area contributed by atoms with E-state index >= 15 is 0 Å². The summed E-state index contributed by atoms with van der Waals surface area (Å²) in [4.78, 5) is 8.38. The van der Waals surface area contributed by atoms with E-state index in [0.717, 1.165) is 11.5 Å². The molecular weight excluding hydrogens is 176 g/mol. The maximum Gasteiger partial charge on any atom is 0.147 e. The zero-order chi connectivity index (χ0) is 10.6. The van der Waals surface area contributed by atoms with Crippen molar-refractivity contribution in [2.24, 2.45) is 11.7 Å². The van der Waals surface area contributed by atoms with Gasteiger partial charge < -0.3 is 11.1 Å². The fraction of sp³-hybridized carbons (Fsp3) is 0.600. The molecule has 3 N–H and O–H groups in total. The zero-order valence-electron chi connectivity index (χ0n) is 8.99. The SMILES string of the molecule is Cc1nccnc1NC(C)C(C)CN. The zero-order valence-corrected chi connectivity index (χ0v) is 8.99. The number of aromatic nitrogens is 2. The Morgan fingerprint density at radius 1 is 1.36 bits per heavy atom. The monoisotopic (exact) mass is 194 g/mol. The standard InChI is InChI=1S/C10H18N4/c1-7(6-11)8(2)14-10-9(3)12-4-5-13-10/h4-5,7-8H,6,11H2,1-3H3,(H,13,14). The van der Waals surface area contributed by atoms with Gasteiger partial charge in [0.25, 0.3) is 0 Å². The van der Waals surface area contributed by atoms with E-state index < -0.39 is 0 Å². The molecule has 0 fully saturated rings. The second kappa shape index (κ2) is 4.91. The van der Waals surface area contributed by atoms with Gasteiger partial charge in [0.05, 0.1) is 5.69 Å². The molecule has 0 amide bonds. The first-order valence-corrected chi connectivity index (χ1v) is 4.89. The fourth-order valence-corrected chi connectivity index (χ4v) is 1.11. The Balaban J connectivity index is 2.64. The molecule has 0 saturated carbocycles. The van der Waals surface area contributed by atoms with Gasteiger partial charge in [-0.15, -0.1) is 0 Å². The molecule has 0 spiro atoms. The topological polar surface area (TPSA) is 63.8 Å². The Morgan fingerprint density at radius 2 is 2.00 bits per heavy atom. The van der Waals surface area contributed by atoms with Gasteiger partial charge in [-0.25, -0.2) is 4.98 Å². The fourth-order valence-electron chi connectivity index (χ4n) is 1.11. The van der Waals surface area contributed by atoms with Crippen LogP contribution in [-0.4, -0.2) is 22.6 Å². The van der Waals surface area contributed by atoms with Crippen LogP contribution in [0.2, 0.25) is 0 Å². The van der Waals surface area contributed by atoms with Crippen molar-refractivity contribution in [2.75, 3.05) is 11.9 Å². The Labute approximate surface area is 85.0 Å². The highest BCUT2D eigenvalue weighted by atomic mass is 15.0. The van der Waals surface area contributed by atoms with Crippen LogP contribution in [0.3, 0.4) is 0 Å². The van der Waals surface area contributed by atoms with Crippen molar-refractivity contribution in [3.05, 3.63) is 18.1 Å². The molecule has 14 heavy (non-hydrogen) atoms. The summed E-state index contributed by atoms with van der Waals surface area (Å²) in [5.41, 5.74) is 6.51. The van der Waals surface area contributed by atoms with E-state index in [0.29, 0.717) is 18.5 Å². The minimum absolute atomic E-state index is 0.315. The third kappa shape index (κ3) is 2.67. The quantitative estimate of drug-likeness (QED) is 0.755. The van der Waals surface area contributed by atoms with Crippen LogP contribution in [0.25, 0.3) is 0 Å². The van der Waals surface area contributed by atoms with Crippen LogP contribution in [0, 0.1) is 12.8 Å². The summed E-state index contributed by atoms with van der Waals surface area (Å²) in [6.07, 6.45) is 3.38. The molecule has 0 aromatic carbocycles. The summed E-state index contributed by atoms with van der Waals surface area (Å²) in [6.45, 7) is 6.83. The molecular formula is C10H18N4. The van der Waals surface area contributed by atoms with Crippen molar-refractivity contribution in [3.8, 4) is 0 Å². The van der Waals surface area contributed by atoms with Crippen molar-refractivity contribution in [1.29, 1.82) is 0 Å². The third-order valence-corrected chi connectivity index (χ3v) is 2.47. The number of nitrogens with two attached hydrogens (primary N) is 1. The third-order valence-electron chi connectivity index (χ3n) is 2.47. The molecule has 0 radical (unpaired) electrons. The summed E-state index contributed by atoms with van der Waals surface area (Å²) in [7, 11) is 0. The van der Waals surface area contributed by atoms with Crippen molar-refractivity contribution in [2.45, 2.75) is 26.8 Å². The second-order valence-electron chi connectivity index (χ2n) is 3.64. The molecule has 0 saturated heterocycles. The van der Waals surface area contributed by atoms with E-state index in [-0.39, 0.29) is 0 Å². The molecule has 0 aliphatic rings. The van der Waals surface area contributed by atoms with E-state index in [9.17, 15) is 0 Å². The van der Waals surface area contributed by atoms with E-state index in [1.165, 1.54) is 0 Å². The van der Waals surface area contributed by atoms with E-state index in [1.54, 1.807) is 12.4 Å². The first-order chi connectivity index (χ1) is 6.65. The smallest absolute Gasteiger partial charge is 0.147 e. The molecule has 1 rings (SSSR count). The minimum atomic E-state index is 0.315. The molecule has 4 heteroatoms. The summed E-state index contributed by atoms with van der Waals surface area (Å²) in [5.74, 6) is 1.27. The number of hydrogen-bond donors (Lipinski definition) is 2. The molecule has 78 valence electrons. The average Bonchev–Trinajstić information content (AvgIpc) is 2.20. The lowest BCUT2D eigenvalue weighted by Crippen LogP contribution is -2.30. The van der Waals surface area contributed by atoms with Crippen LogP contribution in [0.15, 0.2) is 12.4 Å². The van der Waals surface area contributed by atoms with Crippen LogP contribution in [0.1, 0.15) is 19.5 Å². The highest BCUT2D eigenvalue weighted by Gasteiger charge is 2.11. The first-order valence-electron chi connectivity index (χ1n) is 4.89. The second-order valence-corrected chi connectivity index (χ2v) is 3.64. The highest BCUT2D eigenvalue weighted by Crippen LogP contribution is 2.11. The molecule has 2 atom stereocenters. The van der Waals surface area contributed by atoms with Crippen LogP contribution in [0.4, 0.5) is 5.82 Å². The maximum atomic E-state index is 5.59. The maximum absolute atomic E-state index is 5.59. The van der Waals surface area contributed by atoms with Gasteiger partial charge in [0.15, 0.2) is 0 Å². The molecule has 1 aromatic rings. The van der Waals surface area contributed by atoms with Crippen molar-refractivity contribution < 1.29 is 0 Å². The lowest BCUT2D eigenvalue weighted by molar-refractivity contribution is 0.519. The van der Waals surface area contributed by atoms with Crippen molar-refractivity contribution in [1.82, 2.24) is 9.97 Å². The van der Waals surface area contributed by atoms with Crippen molar-refractivity contribution >= 4 is 5.82 Å². The molecule has 1 aromatic heterocycles. The number of rotatable bonds is 4. The Bertz CT molecular complexity index is 287. The Morgan fingerprint density at radius 3 is 2.57 bits per heavy atom. The highest BCUT2D eigenvalue weighted by molar-refractivity contribution is 5.39. The van der Waals surface area contributed by atoms with E-state index in [1.807, 2.05) is 6.92 Å². The summed E-state index contributed by atoms with van der Waals surface area (Å²) in [5, 5.41) is 3.31. The largest absolute Gasteiger partial charge is 0.366 e. The Hall–Kier alpha value is -1.16. The van der Waals surface area contributed by atoms with E-state index in [4.69, 9.17) is 5.73 Å². The molecule has 0 aliphatic heterocycles. The summed E-state index contributed by atoms with van der Waals surface area (Å²) in [6, 6.07) is 0.315. The number of anilines is 1. The van der Waals surface area contributed by atoms with Crippen LogP contribution in [0.5, 0.6) is 0 Å². The summed E-state index contributed by atoms with van der Waals surface area (Å²) < 4.78 is 0.